The number of nitrogens with zero attached hydrogens (tertiary/aromatic N) is 2. The average Bonchev–Trinajstić information content (AvgIpc) is 2.27. The molecule has 1 fully saturated rings. The molecule has 19 heavy (non-hydrogen) atoms. The second-order valence-electron chi connectivity index (χ2n) is 5.59. The average molecular weight is 307 g/mol. The summed E-state index contributed by atoms with van der Waals surface area (Å²) in [5, 5.41) is 0. The molecule has 1 rings (SSSR count). The topological polar surface area (TPSA) is 66.6 Å². The molecule has 0 radical (unpaired) electrons. The maximum atomic E-state index is 11.6. The molecule has 1 aliphatic rings. The Kier molecular flexibility index (Phi) is 6.16. The first kappa shape index (κ1) is 16.8. The predicted octanol–water partition coefficient (Wildman–Crippen LogP) is 0.655. The third-order valence-corrected chi connectivity index (χ3v) is 5.18. The lowest BCUT2D eigenvalue weighted by Gasteiger charge is -2.35. The van der Waals surface area contributed by atoms with E-state index in [9.17, 15) is 8.42 Å². The molecule has 0 aromatic rings. The van der Waals surface area contributed by atoms with Gasteiger partial charge in [-0.2, -0.15) is 0 Å². The highest BCUT2D eigenvalue weighted by molar-refractivity contribution is 7.88. The van der Waals surface area contributed by atoms with Crippen LogP contribution in [0.25, 0.3) is 0 Å². The lowest BCUT2D eigenvalue weighted by atomic mass is 9.98. The van der Waals surface area contributed by atoms with Gasteiger partial charge in [0.2, 0.25) is 10.0 Å². The first-order chi connectivity index (χ1) is 8.70. The summed E-state index contributed by atoms with van der Waals surface area (Å²) < 4.78 is 24.7. The molecule has 1 aliphatic heterocycles. The zero-order chi connectivity index (χ0) is 14.6. The minimum Gasteiger partial charge on any atom is -0.393 e. The quantitative estimate of drug-likeness (QED) is 0.730. The van der Waals surface area contributed by atoms with Gasteiger partial charge in [-0.25, -0.2) is 12.7 Å². The van der Waals surface area contributed by atoms with Gasteiger partial charge in [0.05, 0.1) is 11.2 Å². The molecule has 0 aromatic heterocycles. The van der Waals surface area contributed by atoms with Crippen molar-refractivity contribution in [1.82, 2.24) is 9.21 Å². The number of rotatable bonds is 6. The Morgan fingerprint density at radius 2 is 2.21 bits per heavy atom. The van der Waals surface area contributed by atoms with Gasteiger partial charge in [0.25, 0.3) is 0 Å². The van der Waals surface area contributed by atoms with Gasteiger partial charge in [-0.3, -0.25) is 0 Å². The van der Waals surface area contributed by atoms with Crippen LogP contribution in [-0.4, -0.2) is 61.6 Å². The van der Waals surface area contributed by atoms with Crippen LogP contribution in [0.1, 0.15) is 26.2 Å². The van der Waals surface area contributed by atoms with Crippen molar-refractivity contribution in [2.24, 2.45) is 11.7 Å². The van der Waals surface area contributed by atoms with Crippen molar-refractivity contribution in [2.45, 2.75) is 32.2 Å². The van der Waals surface area contributed by atoms with E-state index in [0.717, 1.165) is 19.4 Å². The van der Waals surface area contributed by atoms with Crippen molar-refractivity contribution in [3.63, 3.8) is 0 Å². The van der Waals surface area contributed by atoms with E-state index in [4.69, 9.17) is 18.0 Å². The molecular formula is C12H25N3O2S2. The van der Waals surface area contributed by atoms with E-state index in [1.807, 2.05) is 7.05 Å². The summed E-state index contributed by atoms with van der Waals surface area (Å²) in [5.74, 6) is 0.391. The Bertz CT molecular complexity index is 411. The Labute approximate surface area is 122 Å². The third kappa shape index (κ3) is 5.72. The summed E-state index contributed by atoms with van der Waals surface area (Å²) in [7, 11) is -1.02. The van der Waals surface area contributed by atoms with Crippen molar-refractivity contribution < 1.29 is 8.42 Å². The smallest absolute Gasteiger partial charge is 0.211 e. The first-order valence-corrected chi connectivity index (χ1v) is 8.89. The van der Waals surface area contributed by atoms with Gasteiger partial charge in [-0.15, -0.1) is 0 Å². The molecule has 0 saturated carbocycles. The normalized spacial score (nSPS) is 23.5. The number of hydrogen-bond donors (Lipinski definition) is 1. The maximum Gasteiger partial charge on any atom is 0.211 e. The predicted molar refractivity (Wildman–Crippen MR) is 82.6 cm³/mol. The summed E-state index contributed by atoms with van der Waals surface area (Å²) in [4.78, 5) is 2.75. The van der Waals surface area contributed by atoms with Crippen molar-refractivity contribution >= 4 is 27.2 Å². The summed E-state index contributed by atoms with van der Waals surface area (Å²) in [6.45, 7) is 4.26. The molecule has 0 bridgehead atoms. The molecule has 0 spiro atoms. The summed E-state index contributed by atoms with van der Waals surface area (Å²) in [5.41, 5.74) is 5.56. The zero-order valence-electron chi connectivity index (χ0n) is 12.0. The molecule has 1 saturated heterocycles. The van der Waals surface area contributed by atoms with Gasteiger partial charge in [0.1, 0.15) is 0 Å². The second-order valence-corrected chi connectivity index (χ2v) is 8.10. The standard InChI is InChI=1S/C12H25N3O2S2/c1-10(7-12(13)18)14(2)8-11-5-4-6-15(9-11)19(3,16)17/h10-11H,4-9H2,1-3H3,(H2,13,18). The molecule has 1 heterocycles. The number of piperidine rings is 1. The second kappa shape index (κ2) is 6.97. The van der Waals surface area contributed by atoms with Gasteiger partial charge in [-0.1, -0.05) is 12.2 Å². The molecule has 0 aromatic carbocycles. The van der Waals surface area contributed by atoms with E-state index in [1.165, 1.54) is 6.26 Å². The molecule has 5 nitrogen and oxygen atoms in total. The van der Waals surface area contributed by atoms with Crippen LogP contribution in [-0.2, 0) is 10.0 Å². The van der Waals surface area contributed by atoms with Crippen LogP contribution < -0.4 is 5.73 Å². The SMILES string of the molecule is CC(CC(N)=S)N(C)CC1CCCN(S(C)(=O)=O)C1. The van der Waals surface area contributed by atoms with E-state index in [0.29, 0.717) is 36.5 Å². The molecule has 2 atom stereocenters. The van der Waals surface area contributed by atoms with Crippen molar-refractivity contribution in [3.8, 4) is 0 Å². The van der Waals surface area contributed by atoms with Gasteiger partial charge in [0, 0.05) is 32.1 Å². The highest BCUT2D eigenvalue weighted by atomic mass is 32.2. The Balaban J connectivity index is 2.50. The van der Waals surface area contributed by atoms with Gasteiger partial charge in [-0.05, 0) is 32.7 Å². The van der Waals surface area contributed by atoms with Crippen LogP contribution in [0, 0.1) is 5.92 Å². The Morgan fingerprint density at radius 3 is 2.74 bits per heavy atom. The molecule has 112 valence electrons. The minimum absolute atomic E-state index is 0.297. The fraction of sp³-hybridized carbons (Fsp3) is 0.917. The summed E-state index contributed by atoms with van der Waals surface area (Å²) >= 11 is 4.93. The fourth-order valence-electron chi connectivity index (χ4n) is 2.51. The largest absolute Gasteiger partial charge is 0.393 e. The zero-order valence-corrected chi connectivity index (χ0v) is 13.6. The molecule has 0 aliphatic carbocycles. The van der Waals surface area contributed by atoms with Crippen molar-refractivity contribution in [2.75, 3.05) is 32.9 Å². The molecule has 0 amide bonds. The van der Waals surface area contributed by atoms with Crippen LogP contribution in [0.2, 0.25) is 0 Å². The van der Waals surface area contributed by atoms with Crippen LogP contribution >= 0.6 is 12.2 Å². The van der Waals surface area contributed by atoms with Gasteiger partial charge in [0.15, 0.2) is 0 Å². The van der Waals surface area contributed by atoms with Crippen molar-refractivity contribution in [1.29, 1.82) is 0 Å². The highest BCUT2D eigenvalue weighted by Gasteiger charge is 2.27. The van der Waals surface area contributed by atoms with E-state index in [1.54, 1.807) is 4.31 Å². The molecular weight excluding hydrogens is 282 g/mol. The number of nitrogens with two attached hydrogens (primary N) is 1. The Morgan fingerprint density at radius 1 is 1.58 bits per heavy atom. The maximum absolute atomic E-state index is 11.6. The summed E-state index contributed by atoms with van der Waals surface area (Å²) in [6, 6.07) is 0.297. The molecule has 2 N–H and O–H groups in total. The lowest BCUT2D eigenvalue weighted by molar-refractivity contribution is 0.173. The molecule has 2 unspecified atom stereocenters. The van der Waals surface area contributed by atoms with E-state index >= 15 is 0 Å². The monoisotopic (exact) mass is 307 g/mol. The van der Waals surface area contributed by atoms with Gasteiger partial charge < -0.3 is 10.6 Å². The lowest BCUT2D eigenvalue weighted by Crippen LogP contribution is -2.44. The van der Waals surface area contributed by atoms with Crippen molar-refractivity contribution in [3.05, 3.63) is 0 Å². The highest BCUT2D eigenvalue weighted by Crippen LogP contribution is 2.20. The first-order valence-electron chi connectivity index (χ1n) is 6.63. The number of thiocarbonyl (C=S) groups is 1. The van der Waals surface area contributed by atoms with E-state index < -0.39 is 10.0 Å². The van der Waals surface area contributed by atoms with E-state index in [-0.39, 0.29) is 0 Å². The number of sulfonamides is 1. The van der Waals surface area contributed by atoms with Gasteiger partial charge >= 0.3 is 0 Å². The van der Waals surface area contributed by atoms with E-state index in [2.05, 4.69) is 11.8 Å². The molecule has 7 heteroatoms. The fourth-order valence-corrected chi connectivity index (χ4v) is 3.69. The number of hydrogen-bond acceptors (Lipinski definition) is 4. The Hall–Kier alpha value is -0.240. The summed E-state index contributed by atoms with van der Waals surface area (Å²) in [6.07, 6.45) is 4.01. The van der Waals surface area contributed by atoms with Crippen LogP contribution in [0.5, 0.6) is 0 Å². The van der Waals surface area contributed by atoms with Crippen LogP contribution in [0.4, 0.5) is 0 Å². The van der Waals surface area contributed by atoms with Crippen LogP contribution in [0.3, 0.4) is 0 Å². The third-order valence-electron chi connectivity index (χ3n) is 3.75. The van der Waals surface area contributed by atoms with Crippen LogP contribution in [0.15, 0.2) is 0 Å². The minimum atomic E-state index is -3.06.